The van der Waals surface area contributed by atoms with E-state index in [4.69, 9.17) is 5.73 Å². The van der Waals surface area contributed by atoms with Crippen LogP contribution in [0.1, 0.15) is 59.2 Å². The first-order valence-electron chi connectivity index (χ1n) is 10.2. The fraction of sp³-hybridized carbons (Fsp3) is 0.545. The largest absolute Gasteiger partial charge is 0.347 e. The van der Waals surface area contributed by atoms with Crippen LogP contribution < -0.4 is 11.1 Å². The molecule has 142 valence electrons. The topological polar surface area (TPSA) is 68.0 Å². The molecule has 0 spiro atoms. The Morgan fingerprint density at radius 1 is 1.11 bits per heavy atom. The Hall–Kier alpha value is -1.72. The molecular formula is C22H27N3OS. The second-order valence-corrected chi connectivity index (χ2v) is 9.69. The molecule has 0 aliphatic heterocycles. The molecular weight excluding hydrogens is 354 g/mol. The Balaban J connectivity index is 1.24. The van der Waals surface area contributed by atoms with Crippen molar-refractivity contribution < 1.29 is 4.79 Å². The van der Waals surface area contributed by atoms with Gasteiger partial charge in [0.25, 0.3) is 5.91 Å². The summed E-state index contributed by atoms with van der Waals surface area (Å²) in [4.78, 5) is 17.4. The number of nitrogens with two attached hydrogens (primary N) is 1. The number of benzene rings is 1. The van der Waals surface area contributed by atoms with Gasteiger partial charge in [-0.25, -0.2) is 4.98 Å². The molecule has 1 aromatic heterocycles. The van der Waals surface area contributed by atoms with Crippen molar-refractivity contribution in [3.8, 4) is 0 Å². The molecule has 0 saturated heterocycles. The third-order valence-corrected chi connectivity index (χ3v) is 7.87. The standard InChI is InChI=1S/C22H27N3OS/c23-18(11-13-4-2-1-3-5-13)22-24-19(12-27-22)21(26)25-20-16-7-14-6-15(9-16)10-17(20)8-14/h1-5,12,14-18,20H,6-11,23H2,(H,25,26). The van der Waals surface area contributed by atoms with Crippen molar-refractivity contribution in [3.63, 3.8) is 0 Å². The maximum Gasteiger partial charge on any atom is 0.270 e. The molecule has 0 radical (unpaired) electrons. The van der Waals surface area contributed by atoms with Gasteiger partial charge in [-0.2, -0.15) is 0 Å². The Kier molecular flexibility index (Phi) is 4.52. The van der Waals surface area contributed by atoms with E-state index >= 15 is 0 Å². The van der Waals surface area contributed by atoms with Gasteiger partial charge in [0.1, 0.15) is 10.7 Å². The third-order valence-electron chi connectivity index (χ3n) is 6.89. The van der Waals surface area contributed by atoms with Crippen LogP contribution in [0.2, 0.25) is 0 Å². The molecule has 4 bridgehead atoms. The summed E-state index contributed by atoms with van der Waals surface area (Å²) in [7, 11) is 0. The lowest BCUT2D eigenvalue weighted by molar-refractivity contribution is -0.0120. The maximum atomic E-state index is 12.8. The van der Waals surface area contributed by atoms with Gasteiger partial charge in [-0.15, -0.1) is 11.3 Å². The molecule has 4 aliphatic carbocycles. The van der Waals surface area contributed by atoms with Crippen molar-refractivity contribution in [2.24, 2.45) is 29.4 Å². The average molecular weight is 382 g/mol. The number of carbonyl (C=O) groups excluding carboxylic acids is 1. The van der Waals surface area contributed by atoms with Crippen molar-refractivity contribution in [2.75, 3.05) is 0 Å². The lowest BCUT2D eigenvalue weighted by Gasteiger charge is -2.54. The van der Waals surface area contributed by atoms with Crippen molar-refractivity contribution in [1.29, 1.82) is 0 Å². The molecule has 1 unspecified atom stereocenters. The summed E-state index contributed by atoms with van der Waals surface area (Å²) < 4.78 is 0. The molecule has 1 heterocycles. The highest BCUT2D eigenvalue weighted by atomic mass is 32.1. The van der Waals surface area contributed by atoms with E-state index in [0.29, 0.717) is 23.6 Å². The predicted octanol–water partition coefficient (Wildman–Crippen LogP) is 3.94. The molecule has 5 heteroatoms. The number of nitrogens with zero attached hydrogens (tertiary/aromatic N) is 1. The summed E-state index contributed by atoms with van der Waals surface area (Å²) in [5.41, 5.74) is 8.06. The maximum absolute atomic E-state index is 12.8. The second-order valence-electron chi connectivity index (χ2n) is 8.80. The van der Waals surface area contributed by atoms with Crippen LogP contribution in [-0.4, -0.2) is 16.9 Å². The van der Waals surface area contributed by atoms with E-state index in [1.54, 1.807) is 0 Å². The quantitative estimate of drug-likeness (QED) is 0.824. The number of amides is 1. The molecule has 1 aromatic carbocycles. The van der Waals surface area contributed by atoms with Gasteiger partial charge in [-0.1, -0.05) is 30.3 Å². The Bertz CT molecular complexity index is 790. The number of thiazole rings is 1. The predicted molar refractivity (Wildman–Crippen MR) is 107 cm³/mol. The molecule has 4 nitrogen and oxygen atoms in total. The highest BCUT2D eigenvalue weighted by molar-refractivity contribution is 7.09. The minimum absolute atomic E-state index is 0.0121. The van der Waals surface area contributed by atoms with Crippen molar-refractivity contribution >= 4 is 17.2 Å². The fourth-order valence-corrected chi connectivity index (χ4v) is 6.71. The fourth-order valence-electron chi connectivity index (χ4n) is 5.90. The molecule has 4 saturated carbocycles. The van der Waals surface area contributed by atoms with E-state index in [9.17, 15) is 4.79 Å². The minimum atomic E-state index is -0.167. The molecule has 6 rings (SSSR count). The lowest BCUT2D eigenvalue weighted by Crippen LogP contribution is -2.55. The number of hydrogen-bond acceptors (Lipinski definition) is 4. The van der Waals surface area contributed by atoms with Crippen LogP contribution in [0, 0.1) is 23.7 Å². The van der Waals surface area contributed by atoms with E-state index in [1.807, 2.05) is 23.6 Å². The van der Waals surface area contributed by atoms with Crippen LogP contribution in [0.4, 0.5) is 0 Å². The molecule has 3 N–H and O–H groups in total. The zero-order valence-electron chi connectivity index (χ0n) is 15.5. The van der Waals surface area contributed by atoms with Gasteiger partial charge in [-0.05, 0) is 67.8 Å². The van der Waals surface area contributed by atoms with Crippen LogP contribution in [0.25, 0.3) is 0 Å². The van der Waals surface area contributed by atoms with Gasteiger partial charge >= 0.3 is 0 Å². The van der Waals surface area contributed by atoms with Gasteiger partial charge in [0, 0.05) is 11.4 Å². The van der Waals surface area contributed by atoms with Gasteiger partial charge in [0.05, 0.1) is 6.04 Å². The van der Waals surface area contributed by atoms with Crippen LogP contribution in [-0.2, 0) is 6.42 Å². The SMILES string of the molecule is NC(Cc1ccccc1)c1nc(C(=O)NC2C3CC4CC(C3)CC2C4)cs1. The Morgan fingerprint density at radius 2 is 1.78 bits per heavy atom. The van der Waals surface area contributed by atoms with E-state index < -0.39 is 0 Å². The molecule has 1 amide bonds. The molecule has 1 atom stereocenters. The summed E-state index contributed by atoms with van der Waals surface area (Å²) >= 11 is 1.50. The summed E-state index contributed by atoms with van der Waals surface area (Å²) in [5, 5.41) is 6.05. The zero-order chi connectivity index (χ0) is 18.4. The van der Waals surface area contributed by atoms with Gasteiger partial charge in [0.2, 0.25) is 0 Å². The third kappa shape index (κ3) is 3.43. The Labute approximate surface area is 164 Å². The smallest absolute Gasteiger partial charge is 0.270 e. The first kappa shape index (κ1) is 17.4. The van der Waals surface area contributed by atoms with Gasteiger partial charge in [-0.3, -0.25) is 4.79 Å². The molecule has 2 aromatic rings. The highest BCUT2D eigenvalue weighted by Crippen LogP contribution is 2.53. The van der Waals surface area contributed by atoms with E-state index in [2.05, 4.69) is 22.4 Å². The number of aromatic nitrogens is 1. The van der Waals surface area contributed by atoms with Crippen molar-refractivity contribution in [1.82, 2.24) is 10.3 Å². The summed E-state index contributed by atoms with van der Waals surface area (Å²) in [6.45, 7) is 0. The average Bonchev–Trinajstić information content (AvgIpc) is 3.15. The Morgan fingerprint density at radius 3 is 2.44 bits per heavy atom. The minimum Gasteiger partial charge on any atom is -0.347 e. The van der Waals surface area contributed by atoms with E-state index in [0.717, 1.165) is 23.3 Å². The highest BCUT2D eigenvalue weighted by Gasteiger charge is 2.48. The van der Waals surface area contributed by atoms with E-state index in [-0.39, 0.29) is 11.9 Å². The monoisotopic (exact) mass is 381 g/mol. The van der Waals surface area contributed by atoms with Crippen molar-refractivity contribution in [2.45, 2.75) is 50.6 Å². The second kappa shape index (κ2) is 7.02. The summed E-state index contributed by atoms with van der Waals surface area (Å²) in [6, 6.07) is 10.4. The number of hydrogen-bond donors (Lipinski definition) is 2. The first-order valence-corrected chi connectivity index (χ1v) is 11.1. The van der Waals surface area contributed by atoms with Gasteiger partial charge in [0.15, 0.2) is 0 Å². The van der Waals surface area contributed by atoms with Crippen LogP contribution in [0.5, 0.6) is 0 Å². The number of nitrogens with one attached hydrogen (secondary N) is 1. The molecule has 27 heavy (non-hydrogen) atoms. The summed E-state index contributed by atoms with van der Waals surface area (Å²) in [6.07, 6.45) is 7.40. The lowest BCUT2D eigenvalue weighted by atomic mass is 9.54. The summed E-state index contributed by atoms with van der Waals surface area (Å²) in [5.74, 6) is 3.19. The number of rotatable bonds is 5. The zero-order valence-corrected chi connectivity index (χ0v) is 16.3. The van der Waals surface area contributed by atoms with Crippen LogP contribution in [0.3, 0.4) is 0 Å². The van der Waals surface area contributed by atoms with Crippen LogP contribution in [0.15, 0.2) is 35.7 Å². The number of carbonyl (C=O) groups is 1. The van der Waals surface area contributed by atoms with Crippen molar-refractivity contribution in [3.05, 3.63) is 52.0 Å². The molecule has 4 aliphatic rings. The molecule has 4 fully saturated rings. The van der Waals surface area contributed by atoms with Gasteiger partial charge < -0.3 is 11.1 Å². The first-order chi connectivity index (χ1) is 13.2. The van der Waals surface area contributed by atoms with Crippen LogP contribution >= 0.6 is 11.3 Å². The normalized spacial score (nSPS) is 32.4. The van der Waals surface area contributed by atoms with E-state index in [1.165, 1.54) is 49.0 Å².